The Bertz CT molecular complexity index is 811. The molecular weight excluding hydrogens is 354 g/mol. The summed E-state index contributed by atoms with van der Waals surface area (Å²) < 4.78 is 5.82. The van der Waals surface area contributed by atoms with Gasteiger partial charge in [0, 0.05) is 30.2 Å². The molecule has 1 N–H and O–H groups in total. The predicted octanol–water partition coefficient (Wildman–Crippen LogP) is 3.42. The second-order valence-corrected chi connectivity index (χ2v) is 7.02. The number of nitrogens with one attached hydrogen (secondary N) is 1. The van der Waals surface area contributed by atoms with E-state index in [2.05, 4.69) is 16.3 Å². The molecule has 6 nitrogen and oxygen atoms in total. The van der Waals surface area contributed by atoms with E-state index < -0.39 is 4.92 Å². The molecule has 138 valence electrons. The van der Waals surface area contributed by atoms with Crippen molar-refractivity contribution >= 4 is 17.3 Å². The fourth-order valence-electron chi connectivity index (χ4n) is 3.12. The summed E-state index contributed by atoms with van der Waals surface area (Å²) in [6.07, 6.45) is 0.878. The molecule has 0 spiro atoms. The smallest absolute Gasteiger partial charge is 0.269 e. The Balaban J connectivity index is 1.87. The van der Waals surface area contributed by atoms with Crippen LogP contribution in [0.15, 0.2) is 36.4 Å². The van der Waals surface area contributed by atoms with Crippen LogP contribution in [0.25, 0.3) is 0 Å². The number of halogens is 1. The Hall–Kier alpha value is -2.15. The van der Waals surface area contributed by atoms with Gasteiger partial charge in [0.15, 0.2) is 0 Å². The Morgan fingerprint density at radius 2 is 2.08 bits per heavy atom. The van der Waals surface area contributed by atoms with E-state index in [-0.39, 0.29) is 11.7 Å². The van der Waals surface area contributed by atoms with E-state index >= 15 is 0 Å². The van der Waals surface area contributed by atoms with Crippen molar-refractivity contribution in [2.24, 2.45) is 0 Å². The molecule has 0 aliphatic carbocycles. The van der Waals surface area contributed by atoms with Crippen molar-refractivity contribution in [3.05, 3.63) is 68.2 Å². The number of rotatable bonds is 6. The SMILES string of the molecule is CN(C)CCOc1ccc2c(c1)CCNC2c1cc([N+](=O)[O-])ccc1Cl. The minimum atomic E-state index is -0.398. The van der Waals surface area contributed by atoms with E-state index in [0.29, 0.717) is 11.6 Å². The summed E-state index contributed by atoms with van der Waals surface area (Å²) in [5.41, 5.74) is 3.03. The largest absolute Gasteiger partial charge is 0.492 e. The highest BCUT2D eigenvalue weighted by Gasteiger charge is 2.25. The summed E-state index contributed by atoms with van der Waals surface area (Å²) in [7, 11) is 4.02. The van der Waals surface area contributed by atoms with Crippen molar-refractivity contribution in [3.63, 3.8) is 0 Å². The molecule has 0 amide bonds. The summed E-state index contributed by atoms with van der Waals surface area (Å²) in [5.74, 6) is 0.844. The lowest BCUT2D eigenvalue weighted by Gasteiger charge is -2.28. The van der Waals surface area contributed by atoms with Crippen LogP contribution in [0.5, 0.6) is 5.75 Å². The van der Waals surface area contributed by atoms with Crippen LogP contribution in [0, 0.1) is 10.1 Å². The highest BCUT2D eigenvalue weighted by molar-refractivity contribution is 6.31. The van der Waals surface area contributed by atoms with Crippen molar-refractivity contribution in [1.82, 2.24) is 10.2 Å². The first kappa shape index (κ1) is 18.6. The van der Waals surface area contributed by atoms with E-state index in [9.17, 15) is 10.1 Å². The van der Waals surface area contributed by atoms with Gasteiger partial charge in [-0.2, -0.15) is 0 Å². The first-order valence-electron chi connectivity index (χ1n) is 8.53. The van der Waals surface area contributed by atoms with Crippen molar-refractivity contribution < 1.29 is 9.66 Å². The summed E-state index contributed by atoms with van der Waals surface area (Å²) in [6, 6.07) is 10.4. The van der Waals surface area contributed by atoms with E-state index in [1.165, 1.54) is 11.6 Å². The van der Waals surface area contributed by atoms with Crippen LogP contribution in [-0.4, -0.2) is 43.6 Å². The molecule has 26 heavy (non-hydrogen) atoms. The zero-order chi connectivity index (χ0) is 18.7. The van der Waals surface area contributed by atoms with Crippen molar-refractivity contribution in [2.45, 2.75) is 12.5 Å². The zero-order valence-corrected chi connectivity index (χ0v) is 15.6. The lowest BCUT2D eigenvalue weighted by molar-refractivity contribution is -0.384. The molecule has 1 atom stereocenters. The number of hydrogen-bond acceptors (Lipinski definition) is 5. The van der Waals surface area contributed by atoms with Crippen LogP contribution < -0.4 is 10.1 Å². The second kappa shape index (κ2) is 8.03. The highest BCUT2D eigenvalue weighted by Crippen LogP contribution is 2.36. The number of fused-ring (bicyclic) bond motifs is 1. The summed E-state index contributed by atoms with van der Waals surface area (Å²) in [4.78, 5) is 12.8. The van der Waals surface area contributed by atoms with Gasteiger partial charge in [-0.05, 0) is 55.4 Å². The Labute approximate surface area is 157 Å². The molecule has 0 saturated carbocycles. The molecule has 3 rings (SSSR count). The molecule has 0 radical (unpaired) electrons. The number of non-ortho nitro benzene ring substituents is 1. The fraction of sp³-hybridized carbons (Fsp3) is 0.368. The lowest BCUT2D eigenvalue weighted by atomic mass is 9.89. The Morgan fingerprint density at radius 1 is 1.27 bits per heavy atom. The molecule has 1 aliphatic heterocycles. The average molecular weight is 376 g/mol. The number of ether oxygens (including phenoxy) is 1. The third-order valence-electron chi connectivity index (χ3n) is 4.48. The number of hydrogen-bond donors (Lipinski definition) is 1. The van der Waals surface area contributed by atoms with Gasteiger partial charge >= 0.3 is 0 Å². The van der Waals surface area contributed by atoms with Gasteiger partial charge in [-0.25, -0.2) is 0 Å². The molecule has 1 unspecified atom stereocenters. The molecule has 7 heteroatoms. The first-order valence-corrected chi connectivity index (χ1v) is 8.91. The molecule has 0 fully saturated rings. The van der Waals surface area contributed by atoms with Crippen LogP contribution in [0.2, 0.25) is 5.02 Å². The van der Waals surface area contributed by atoms with Gasteiger partial charge in [0.25, 0.3) is 5.69 Å². The van der Waals surface area contributed by atoms with Gasteiger partial charge in [0.1, 0.15) is 12.4 Å². The van der Waals surface area contributed by atoms with Crippen molar-refractivity contribution in [2.75, 3.05) is 33.8 Å². The van der Waals surface area contributed by atoms with Crippen molar-refractivity contribution in [1.29, 1.82) is 0 Å². The molecular formula is C19H22ClN3O3. The van der Waals surface area contributed by atoms with Crippen LogP contribution in [-0.2, 0) is 6.42 Å². The van der Waals surface area contributed by atoms with Gasteiger partial charge in [0.2, 0.25) is 0 Å². The molecule has 2 aromatic rings. The van der Waals surface area contributed by atoms with E-state index in [1.807, 2.05) is 26.2 Å². The van der Waals surface area contributed by atoms with E-state index in [0.717, 1.165) is 36.4 Å². The zero-order valence-electron chi connectivity index (χ0n) is 14.9. The molecule has 0 saturated heterocycles. The number of nitro benzene ring substituents is 1. The third kappa shape index (κ3) is 4.15. The van der Waals surface area contributed by atoms with E-state index in [4.69, 9.17) is 16.3 Å². The quantitative estimate of drug-likeness (QED) is 0.619. The lowest BCUT2D eigenvalue weighted by Crippen LogP contribution is -2.30. The molecule has 1 heterocycles. The standard InChI is InChI=1S/C19H22ClN3O3/c1-22(2)9-10-26-15-4-5-16-13(11-15)7-8-21-19(16)17-12-14(23(24)25)3-6-18(17)20/h3-6,11-12,19,21H,7-10H2,1-2H3. The Morgan fingerprint density at radius 3 is 2.81 bits per heavy atom. The highest BCUT2D eigenvalue weighted by atomic mass is 35.5. The predicted molar refractivity (Wildman–Crippen MR) is 102 cm³/mol. The summed E-state index contributed by atoms with van der Waals surface area (Å²) in [5, 5.41) is 15.1. The fourth-order valence-corrected chi connectivity index (χ4v) is 3.35. The monoisotopic (exact) mass is 375 g/mol. The summed E-state index contributed by atoms with van der Waals surface area (Å²) in [6.45, 7) is 2.26. The van der Waals surface area contributed by atoms with Crippen LogP contribution in [0.1, 0.15) is 22.7 Å². The van der Waals surface area contributed by atoms with Gasteiger partial charge in [0.05, 0.1) is 11.0 Å². The molecule has 0 bridgehead atoms. The van der Waals surface area contributed by atoms with Crippen LogP contribution in [0.3, 0.4) is 0 Å². The van der Waals surface area contributed by atoms with Gasteiger partial charge in [-0.15, -0.1) is 0 Å². The van der Waals surface area contributed by atoms with Gasteiger partial charge < -0.3 is 15.0 Å². The van der Waals surface area contributed by atoms with Crippen LogP contribution >= 0.6 is 11.6 Å². The first-order chi connectivity index (χ1) is 12.5. The maximum atomic E-state index is 11.1. The minimum Gasteiger partial charge on any atom is -0.492 e. The molecule has 1 aliphatic rings. The van der Waals surface area contributed by atoms with Crippen molar-refractivity contribution in [3.8, 4) is 5.75 Å². The minimum absolute atomic E-state index is 0.0435. The average Bonchev–Trinajstić information content (AvgIpc) is 2.61. The maximum Gasteiger partial charge on any atom is 0.269 e. The van der Waals surface area contributed by atoms with Crippen LogP contribution in [0.4, 0.5) is 5.69 Å². The number of benzene rings is 2. The number of nitro groups is 1. The van der Waals surface area contributed by atoms with Gasteiger partial charge in [-0.3, -0.25) is 10.1 Å². The molecule has 2 aromatic carbocycles. The Kier molecular flexibility index (Phi) is 5.76. The third-order valence-corrected chi connectivity index (χ3v) is 4.82. The summed E-state index contributed by atoms with van der Waals surface area (Å²) >= 11 is 6.34. The second-order valence-electron chi connectivity index (χ2n) is 6.61. The maximum absolute atomic E-state index is 11.1. The normalized spacial score (nSPS) is 16.4. The number of likely N-dealkylation sites (N-methyl/N-ethyl adjacent to an activating group) is 1. The molecule has 0 aromatic heterocycles. The van der Waals surface area contributed by atoms with Gasteiger partial charge in [-0.1, -0.05) is 17.7 Å². The number of nitrogens with zero attached hydrogens (tertiary/aromatic N) is 2. The topological polar surface area (TPSA) is 67.6 Å². The van der Waals surface area contributed by atoms with E-state index in [1.54, 1.807) is 12.1 Å².